The van der Waals surface area contributed by atoms with Gasteiger partial charge in [-0.25, -0.2) is 9.59 Å². The monoisotopic (exact) mass is 266 g/mol. The highest BCUT2D eigenvalue weighted by atomic mass is 16.4. The molecule has 19 heavy (non-hydrogen) atoms. The van der Waals surface area contributed by atoms with E-state index in [9.17, 15) is 14.4 Å². The summed E-state index contributed by atoms with van der Waals surface area (Å²) in [5, 5.41) is 15.4. The lowest BCUT2D eigenvalue weighted by atomic mass is 10.1. The van der Waals surface area contributed by atoms with E-state index in [1.807, 2.05) is 0 Å². The highest BCUT2D eigenvalue weighted by Gasteiger charge is 2.44. The zero-order valence-electron chi connectivity index (χ0n) is 10.8. The third-order valence-electron chi connectivity index (χ3n) is 3.04. The molecule has 8 heteroatoms. The second-order valence-corrected chi connectivity index (χ2v) is 4.88. The summed E-state index contributed by atoms with van der Waals surface area (Å²) in [7, 11) is 1.56. The van der Waals surface area contributed by atoms with Crippen LogP contribution in [0.5, 0.6) is 0 Å². The standard InChI is InChI=1S/C11H14N4O4/c1-11(2)9(18)15(10(19)13-11)5-7-6(8(16)17)4-12-14(7)3/h4H,5H2,1-3H3,(H,13,19)(H,16,17). The number of rotatable bonds is 3. The number of amides is 3. The number of aromatic carboxylic acids is 1. The molecule has 0 aliphatic carbocycles. The van der Waals surface area contributed by atoms with Gasteiger partial charge in [-0.2, -0.15) is 5.10 Å². The van der Waals surface area contributed by atoms with E-state index in [-0.39, 0.29) is 12.1 Å². The maximum absolute atomic E-state index is 12.0. The molecule has 0 aromatic carbocycles. The number of carbonyl (C=O) groups excluding carboxylic acids is 2. The summed E-state index contributed by atoms with van der Waals surface area (Å²) in [5.41, 5.74) is -0.694. The highest BCUT2D eigenvalue weighted by Crippen LogP contribution is 2.20. The minimum absolute atomic E-state index is 0.0205. The van der Waals surface area contributed by atoms with Crippen molar-refractivity contribution in [3.63, 3.8) is 0 Å². The molecule has 2 N–H and O–H groups in total. The predicted octanol–water partition coefficient (Wildman–Crippen LogP) is -0.0513. The van der Waals surface area contributed by atoms with Gasteiger partial charge in [-0.15, -0.1) is 0 Å². The number of carboxylic acids is 1. The van der Waals surface area contributed by atoms with Crippen molar-refractivity contribution in [2.75, 3.05) is 0 Å². The van der Waals surface area contributed by atoms with Crippen LogP contribution in [-0.4, -0.2) is 43.2 Å². The van der Waals surface area contributed by atoms with Crippen LogP contribution in [0.15, 0.2) is 6.20 Å². The number of hydrogen-bond donors (Lipinski definition) is 2. The summed E-state index contributed by atoms with van der Waals surface area (Å²) < 4.78 is 1.34. The molecule has 1 aromatic rings. The maximum Gasteiger partial charge on any atom is 0.339 e. The number of carbonyl (C=O) groups is 3. The Bertz CT molecular complexity index is 575. The Morgan fingerprint density at radius 3 is 2.58 bits per heavy atom. The Morgan fingerprint density at radius 1 is 1.47 bits per heavy atom. The second-order valence-electron chi connectivity index (χ2n) is 4.88. The van der Waals surface area contributed by atoms with Crippen molar-refractivity contribution < 1.29 is 19.5 Å². The fourth-order valence-electron chi connectivity index (χ4n) is 1.94. The van der Waals surface area contributed by atoms with Crippen molar-refractivity contribution in [3.8, 4) is 0 Å². The van der Waals surface area contributed by atoms with Gasteiger partial charge in [0.2, 0.25) is 0 Å². The van der Waals surface area contributed by atoms with Gasteiger partial charge in [-0.05, 0) is 13.8 Å². The molecule has 1 saturated heterocycles. The maximum atomic E-state index is 12.0. The van der Waals surface area contributed by atoms with Crippen molar-refractivity contribution in [1.29, 1.82) is 0 Å². The number of carboxylic acid groups (broad SMARTS) is 1. The molecule has 0 radical (unpaired) electrons. The molecule has 0 spiro atoms. The largest absolute Gasteiger partial charge is 0.478 e. The van der Waals surface area contributed by atoms with Crippen molar-refractivity contribution in [3.05, 3.63) is 17.5 Å². The Morgan fingerprint density at radius 2 is 2.11 bits per heavy atom. The summed E-state index contributed by atoms with van der Waals surface area (Å²) in [6.45, 7) is 3.06. The molecule has 0 saturated carbocycles. The topological polar surface area (TPSA) is 105 Å². The normalized spacial score (nSPS) is 17.7. The molecule has 1 aliphatic heterocycles. The smallest absolute Gasteiger partial charge is 0.339 e. The van der Waals surface area contributed by atoms with Gasteiger partial charge in [0.05, 0.1) is 18.4 Å². The van der Waals surface area contributed by atoms with Crippen molar-refractivity contribution >= 4 is 17.9 Å². The molecule has 3 amide bonds. The molecular weight excluding hydrogens is 252 g/mol. The molecule has 2 heterocycles. The Balaban J connectivity index is 2.32. The van der Waals surface area contributed by atoms with E-state index >= 15 is 0 Å². The number of nitrogens with one attached hydrogen (secondary N) is 1. The second kappa shape index (κ2) is 4.08. The zero-order valence-corrected chi connectivity index (χ0v) is 10.8. The quantitative estimate of drug-likeness (QED) is 0.746. The van der Waals surface area contributed by atoms with Crippen molar-refractivity contribution in [2.45, 2.75) is 25.9 Å². The van der Waals surface area contributed by atoms with Crippen LogP contribution in [0.2, 0.25) is 0 Å². The van der Waals surface area contributed by atoms with E-state index in [1.54, 1.807) is 20.9 Å². The third kappa shape index (κ3) is 2.05. The highest BCUT2D eigenvalue weighted by molar-refractivity contribution is 6.06. The van der Waals surface area contributed by atoms with E-state index in [0.29, 0.717) is 5.69 Å². The molecule has 102 valence electrons. The van der Waals surface area contributed by atoms with Crippen molar-refractivity contribution in [2.24, 2.45) is 7.05 Å². The SMILES string of the molecule is Cn1ncc(C(=O)O)c1CN1C(=O)NC(C)(C)C1=O. The van der Waals surface area contributed by atoms with E-state index in [0.717, 1.165) is 4.90 Å². The van der Waals surface area contributed by atoms with Gasteiger partial charge in [-0.1, -0.05) is 0 Å². The Kier molecular flexibility index (Phi) is 2.80. The minimum Gasteiger partial charge on any atom is -0.478 e. The van der Waals surface area contributed by atoms with E-state index in [2.05, 4.69) is 10.4 Å². The molecule has 1 aromatic heterocycles. The van der Waals surface area contributed by atoms with Crippen LogP contribution in [0.1, 0.15) is 29.9 Å². The van der Waals surface area contributed by atoms with Crippen LogP contribution in [0.4, 0.5) is 4.79 Å². The number of aryl methyl sites for hydroxylation is 1. The summed E-state index contributed by atoms with van der Waals surface area (Å²) in [6, 6.07) is -0.535. The molecule has 1 aliphatic rings. The van der Waals surface area contributed by atoms with Crippen LogP contribution >= 0.6 is 0 Å². The average Bonchev–Trinajstić information content (AvgIpc) is 2.73. The number of hydrogen-bond acceptors (Lipinski definition) is 4. The molecular formula is C11H14N4O4. The lowest BCUT2D eigenvalue weighted by Gasteiger charge is -2.16. The average molecular weight is 266 g/mol. The molecule has 0 bridgehead atoms. The van der Waals surface area contributed by atoms with E-state index < -0.39 is 23.4 Å². The minimum atomic E-state index is -1.14. The first-order chi connectivity index (χ1) is 8.74. The molecule has 1 fully saturated rings. The predicted molar refractivity (Wildman–Crippen MR) is 63.3 cm³/mol. The fraction of sp³-hybridized carbons (Fsp3) is 0.455. The number of aromatic nitrogens is 2. The van der Waals surface area contributed by atoms with Gasteiger partial charge in [0.25, 0.3) is 5.91 Å². The van der Waals surface area contributed by atoms with Crippen LogP contribution in [0.25, 0.3) is 0 Å². The summed E-state index contributed by atoms with van der Waals surface area (Å²) >= 11 is 0. The first kappa shape index (κ1) is 13.1. The fourth-order valence-corrected chi connectivity index (χ4v) is 1.94. The molecule has 8 nitrogen and oxygen atoms in total. The van der Waals surface area contributed by atoms with Crippen LogP contribution in [0, 0.1) is 0 Å². The van der Waals surface area contributed by atoms with Gasteiger partial charge in [-0.3, -0.25) is 14.4 Å². The first-order valence-corrected chi connectivity index (χ1v) is 5.62. The Labute approximate surface area is 109 Å². The molecule has 2 rings (SSSR count). The van der Waals surface area contributed by atoms with Crippen LogP contribution in [0.3, 0.4) is 0 Å². The first-order valence-electron chi connectivity index (χ1n) is 5.62. The van der Waals surface area contributed by atoms with E-state index in [4.69, 9.17) is 5.11 Å². The van der Waals surface area contributed by atoms with Gasteiger partial charge in [0, 0.05) is 7.05 Å². The lowest BCUT2D eigenvalue weighted by molar-refractivity contribution is -0.130. The lowest BCUT2D eigenvalue weighted by Crippen LogP contribution is -2.40. The van der Waals surface area contributed by atoms with Crippen LogP contribution < -0.4 is 5.32 Å². The Hall–Kier alpha value is -2.38. The zero-order chi connectivity index (χ0) is 14.4. The van der Waals surface area contributed by atoms with Gasteiger partial charge in [0.15, 0.2) is 0 Å². The summed E-state index contributed by atoms with van der Waals surface area (Å²) in [6.07, 6.45) is 1.20. The van der Waals surface area contributed by atoms with Gasteiger partial charge in [0.1, 0.15) is 11.1 Å². The van der Waals surface area contributed by atoms with Crippen molar-refractivity contribution in [1.82, 2.24) is 20.0 Å². The number of imide groups is 1. The molecule has 0 atom stereocenters. The van der Waals surface area contributed by atoms with Gasteiger partial charge < -0.3 is 10.4 Å². The summed E-state index contributed by atoms with van der Waals surface area (Å²) in [4.78, 5) is 35.8. The number of nitrogens with zero attached hydrogens (tertiary/aromatic N) is 3. The van der Waals surface area contributed by atoms with Gasteiger partial charge >= 0.3 is 12.0 Å². The number of urea groups is 1. The van der Waals surface area contributed by atoms with Crippen LogP contribution in [-0.2, 0) is 18.4 Å². The third-order valence-corrected chi connectivity index (χ3v) is 3.04. The summed E-state index contributed by atoms with van der Waals surface area (Å²) in [5.74, 6) is -1.54. The van der Waals surface area contributed by atoms with E-state index in [1.165, 1.54) is 10.9 Å². The molecule has 0 unspecified atom stereocenters.